The Morgan fingerprint density at radius 2 is 2.28 bits per heavy atom. The van der Waals surface area contributed by atoms with E-state index in [9.17, 15) is 9.59 Å². The number of aromatic nitrogens is 2. The molecule has 0 aliphatic carbocycles. The van der Waals surface area contributed by atoms with E-state index in [1.165, 1.54) is 18.9 Å². The maximum absolute atomic E-state index is 12.8. The molecule has 0 bridgehead atoms. The number of para-hydroxylation sites is 1. The number of hydrogen-bond donors (Lipinski definition) is 0. The highest BCUT2D eigenvalue weighted by Crippen LogP contribution is 2.21. The van der Waals surface area contributed by atoms with Gasteiger partial charge in [-0.05, 0) is 18.6 Å². The standard InChI is InChI=1S/C17H20N2O5S/c1-22-15(20)6-8-19-16(21)13-4-2-3-5-14(13)18-17(19)25-10-12-7-9-23-11-24-12/h2-5,12H,6-11H2,1H3/t12-/m0/s1. The lowest BCUT2D eigenvalue weighted by Gasteiger charge is -2.22. The molecule has 0 amide bonds. The molecule has 7 nitrogen and oxygen atoms in total. The molecule has 0 saturated carbocycles. The van der Waals surface area contributed by atoms with Gasteiger partial charge in [-0.1, -0.05) is 23.9 Å². The number of fused-ring (bicyclic) bond motifs is 1. The number of benzene rings is 1. The van der Waals surface area contributed by atoms with Gasteiger partial charge < -0.3 is 14.2 Å². The second kappa shape index (κ2) is 8.46. The van der Waals surface area contributed by atoms with Crippen LogP contribution in [0.2, 0.25) is 0 Å². The van der Waals surface area contributed by atoms with Crippen molar-refractivity contribution in [1.82, 2.24) is 9.55 Å². The summed E-state index contributed by atoms with van der Waals surface area (Å²) in [5.74, 6) is 0.315. The molecule has 1 aliphatic rings. The molecule has 0 radical (unpaired) electrons. The highest BCUT2D eigenvalue weighted by Gasteiger charge is 2.18. The van der Waals surface area contributed by atoms with E-state index in [0.717, 1.165) is 6.42 Å². The average Bonchev–Trinajstić information content (AvgIpc) is 2.66. The van der Waals surface area contributed by atoms with Crippen LogP contribution in [0.5, 0.6) is 0 Å². The fourth-order valence-electron chi connectivity index (χ4n) is 2.56. The zero-order valence-electron chi connectivity index (χ0n) is 14.0. The first-order chi connectivity index (χ1) is 12.2. The first kappa shape index (κ1) is 17.9. The predicted molar refractivity (Wildman–Crippen MR) is 93.7 cm³/mol. The van der Waals surface area contributed by atoms with Crippen LogP contribution in [-0.4, -0.2) is 47.9 Å². The van der Waals surface area contributed by atoms with Crippen LogP contribution >= 0.6 is 11.8 Å². The molecule has 2 aromatic rings. The summed E-state index contributed by atoms with van der Waals surface area (Å²) in [6, 6.07) is 7.22. The first-order valence-corrected chi connectivity index (χ1v) is 9.06. The molecule has 3 rings (SSSR count). The third kappa shape index (κ3) is 4.39. The molecule has 1 fully saturated rings. The number of thioether (sulfide) groups is 1. The van der Waals surface area contributed by atoms with Crippen LogP contribution in [0.1, 0.15) is 12.8 Å². The van der Waals surface area contributed by atoms with Gasteiger partial charge in [-0.3, -0.25) is 14.2 Å². The minimum atomic E-state index is -0.358. The predicted octanol–water partition coefficient (Wildman–Crippen LogP) is 1.81. The summed E-state index contributed by atoms with van der Waals surface area (Å²) < 4.78 is 16.9. The summed E-state index contributed by atoms with van der Waals surface area (Å²) in [6.07, 6.45) is 1.00. The third-order valence-corrected chi connectivity index (χ3v) is 5.07. The van der Waals surface area contributed by atoms with E-state index in [1.807, 2.05) is 12.1 Å². The number of esters is 1. The van der Waals surface area contributed by atoms with Crippen LogP contribution < -0.4 is 5.56 Å². The quantitative estimate of drug-likeness (QED) is 0.439. The Morgan fingerprint density at radius 3 is 3.04 bits per heavy atom. The number of carbonyl (C=O) groups is 1. The van der Waals surface area contributed by atoms with Gasteiger partial charge in [0.15, 0.2) is 5.16 Å². The van der Waals surface area contributed by atoms with Crippen molar-refractivity contribution in [1.29, 1.82) is 0 Å². The number of nitrogens with zero attached hydrogens (tertiary/aromatic N) is 2. The van der Waals surface area contributed by atoms with Gasteiger partial charge in [0.05, 0.1) is 37.1 Å². The van der Waals surface area contributed by atoms with Gasteiger partial charge in [-0.2, -0.15) is 0 Å². The van der Waals surface area contributed by atoms with Crippen LogP contribution in [-0.2, 0) is 25.5 Å². The van der Waals surface area contributed by atoms with Crippen LogP contribution in [0.25, 0.3) is 10.9 Å². The second-order valence-electron chi connectivity index (χ2n) is 5.61. The largest absolute Gasteiger partial charge is 0.469 e. The summed E-state index contributed by atoms with van der Waals surface area (Å²) in [5, 5.41) is 1.13. The van der Waals surface area contributed by atoms with Crippen molar-refractivity contribution in [3.8, 4) is 0 Å². The lowest BCUT2D eigenvalue weighted by Crippen LogP contribution is -2.28. The molecule has 0 N–H and O–H groups in total. The molecule has 2 heterocycles. The summed E-state index contributed by atoms with van der Waals surface area (Å²) in [5.41, 5.74) is 0.502. The molecule has 1 aromatic carbocycles. The van der Waals surface area contributed by atoms with E-state index in [0.29, 0.717) is 35.2 Å². The summed E-state index contributed by atoms with van der Waals surface area (Å²) in [6.45, 7) is 1.21. The molecular formula is C17H20N2O5S. The van der Waals surface area contributed by atoms with Crippen LogP contribution in [0.3, 0.4) is 0 Å². The number of ether oxygens (including phenoxy) is 3. The van der Waals surface area contributed by atoms with E-state index in [-0.39, 0.29) is 30.6 Å². The molecule has 25 heavy (non-hydrogen) atoms. The van der Waals surface area contributed by atoms with E-state index in [4.69, 9.17) is 9.47 Å². The van der Waals surface area contributed by atoms with E-state index >= 15 is 0 Å². The van der Waals surface area contributed by atoms with Crippen LogP contribution in [0.15, 0.2) is 34.2 Å². The Hall–Kier alpha value is -1.90. The first-order valence-electron chi connectivity index (χ1n) is 8.07. The fraction of sp³-hybridized carbons (Fsp3) is 0.471. The monoisotopic (exact) mass is 364 g/mol. The average molecular weight is 364 g/mol. The van der Waals surface area contributed by atoms with E-state index in [2.05, 4.69) is 9.72 Å². The van der Waals surface area contributed by atoms with Gasteiger partial charge in [-0.25, -0.2) is 4.98 Å². The maximum atomic E-state index is 12.8. The summed E-state index contributed by atoms with van der Waals surface area (Å²) >= 11 is 1.46. The minimum Gasteiger partial charge on any atom is -0.469 e. The van der Waals surface area contributed by atoms with Crippen molar-refractivity contribution < 1.29 is 19.0 Å². The Kier molecular flexibility index (Phi) is 6.06. The zero-order valence-corrected chi connectivity index (χ0v) is 14.8. The fourth-order valence-corrected chi connectivity index (χ4v) is 3.65. The van der Waals surface area contributed by atoms with E-state index < -0.39 is 0 Å². The van der Waals surface area contributed by atoms with Gasteiger partial charge in [0.2, 0.25) is 0 Å². The third-order valence-electron chi connectivity index (χ3n) is 3.96. The molecule has 8 heteroatoms. The molecule has 134 valence electrons. The van der Waals surface area contributed by atoms with Crippen molar-refractivity contribution in [2.75, 3.05) is 26.3 Å². The van der Waals surface area contributed by atoms with Crippen molar-refractivity contribution in [3.05, 3.63) is 34.6 Å². The molecule has 1 atom stereocenters. The Bertz CT molecular complexity index is 801. The number of hydrogen-bond acceptors (Lipinski definition) is 7. The summed E-state index contributed by atoms with van der Waals surface area (Å²) in [4.78, 5) is 28.9. The summed E-state index contributed by atoms with van der Waals surface area (Å²) in [7, 11) is 1.34. The number of methoxy groups -OCH3 is 1. The molecule has 1 aliphatic heterocycles. The lowest BCUT2D eigenvalue weighted by atomic mass is 10.2. The Balaban J connectivity index is 1.87. The molecular weight excluding hydrogens is 344 g/mol. The minimum absolute atomic E-state index is 0.0659. The van der Waals surface area contributed by atoms with Crippen molar-refractivity contribution in [2.45, 2.75) is 30.6 Å². The second-order valence-corrected chi connectivity index (χ2v) is 6.60. The normalized spacial score (nSPS) is 17.6. The van der Waals surface area contributed by atoms with Gasteiger partial charge in [0.1, 0.15) is 6.79 Å². The molecule has 0 unspecified atom stereocenters. The van der Waals surface area contributed by atoms with Gasteiger partial charge in [-0.15, -0.1) is 0 Å². The van der Waals surface area contributed by atoms with Crippen LogP contribution in [0.4, 0.5) is 0 Å². The smallest absolute Gasteiger partial charge is 0.307 e. The number of rotatable bonds is 6. The van der Waals surface area contributed by atoms with Crippen LogP contribution in [0, 0.1) is 0 Å². The van der Waals surface area contributed by atoms with Gasteiger partial charge in [0.25, 0.3) is 5.56 Å². The molecule has 1 saturated heterocycles. The van der Waals surface area contributed by atoms with Crippen molar-refractivity contribution in [3.63, 3.8) is 0 Å². The van der Waals surface area contributed by atoms with Gasteiger partial charge >= 0.3 is 5.97 Å². The number of carbonyl (C=O) groups excluding carboxylic acids is 1. The SMILES string of the molecule is COC(=O)CCn1c(SC[C@@H]2CCOCO2)nc2ccccc2c1=O. The lowest BCUT2D eigenvalue weighted by molar-refractivity contribution is -0.140. The molecule has 0 spiro atoms. The van der Waals surface area contributed by atoms with Crippen molar-refractivity contribution in [2.24, 2.45) is 0 Å². The Morgan fingerprint density at radius 1 is 1.44 bits per heavy atom. The Labute approximate surface area is 149 Å². The maximum Gasteiger partial charge on any atom is 0.307 e. The van der Waals surface area contributed by atoms with Crippen molar-refractivity contribution >= 4 is 28.6 Å². The van der Waals surface area contributed by atoms with E-state index in [1.54, 1.807) is 16.7 Å². The zero-order chi connectivity index (χ0) is 17.6. The topological polar surface area (TPSA) is 79.7 Å². The highest BCUT2D eigenvalue weighted by molar-refractivity contribution is 7.99. The van der Waals surface area contributed by atoms with Gasteiger partial charge in [0, 0.05) is 12.3 Å². The molecule has 1 aromatic heterocycles. The highest BCUT2D eigenvalue weighted by atomic mass is 32.2.